The quantitative estimate of drug-likeness (QED) is 0.681. The summed E-state index contributed by atoms with van der Waals surface area (Å²) < 4.78 is 1.11. The summed E-state index contributed by atoms with van der Waals surface area (Å²) >= 11 is 2.25. The number of carbonyl (C=O) groups excluding carboxylic acids is 1. The zero-order chi connectivity index (χ0) is 13.0. The van der Waals surface area contributed by atoms with Gasteiger partial charge in [0.2, 0.25) is 5.91 Å². The van der Waals surface area contributed by atoms with Crippen molar-refractivity contribution in [3.05, 3.63) is 39.6 Å². The molecule has 2 aromatic rings. The van der Waals surface area contributed by atoms with Crippen LogP contribution in [-0.4, -0.2) is 17.4 Å². The Morgan fingerprint density at radius 3 is 3.11 bits per heavy atom. The third kappa shape index (κ3) is 2.99. The molecule has 4 heteroatoms. The Labute approximate surface area is 119 Å². The molecule has 0 spiro atoms. The van der Waals surface area contributed by atoms with E-state index in [1.807, 2.05) is 24.3 Å². The van der Waals surface area contributed by atoms with E-state index in [-0.39, 0.29) is 12.5 Å². The number of amides is 1. The van der Waals surface area contributed by atoms with Gasteiger partial charge in [-0.1, -0.05) is 18.1 Å². The molecule has 0 fully saturated rings. The van der Waals surface area contributed by atoms with Crippen LogP contribution >= 0.6 is 22.6 Å². The van der Waals surface area contributed by atoms with Crippen LogP contribution in [-0.2, 0) is 11.2 Å². The molecule has 1 heterocycles. The molecule has 2 rings (SSSR count). The first-order valence-corrected chi connectivity index (χ1v) is 6.52. The van der Waals surface area contributed by atoms with Crippen molar-refractivity contribution in [2.24, 2.45) is 0 Å². The first-order valence-electron chi connectivity index (χ1n) is 5.44. The highest BCUT2D eigenvalue weighted by atomic mass is 127. The summed E-state index contributed by atoms with van der Waals surface area (Å²) in [7, 11) is 0. The second kappa shape index (κ2) is 5.83. The SMILES string of the molecule is C#CCNC(=O)Cc1cnc2c(I)cccc2c1. The van der Waals surface area contributed by atoms with Gasteiger partial charge in [-0.25, -0.2) is 0 Å². The van der Waals surface area contributed by atoms with Gasteiger partial charge in [-0.2, -0.15) is 0 Å². The fraction of sp³-hybridized carbons (Fsp3) is 0.143. The molecule has 1 amide bonds. The Balaban J connectivity index is 2.21. The molecular weight excluding hydrogens is 339 g/mol. The van der Waals surface area contributed by atoms with Crippen LogP contribution in [0.3, 0.4) is 0 Å². The van der Waals surface area contributed by atoms with Crippen molar-refractivity contribution >= 4 is 39.4 Å². The monoisotopic (exact) mass is 350 g/mol. The van der Waals surface area contributed by atoms with Crippen LogP contribution in [0.5, 0.6) is 0 Å². The van der Waals surface area contributed by atoms with Gasteiger partial charge in [0.05, 0.1) is 18.5 Å². The second-order valence-electron chi connectivity index (χ2n) is 3.81. The lowest BCUT2D eigenvalue weighted by Crippen LogP contribution is -2.25. The van der Waals surface area contributed by atoms with Crippen LogP contribution in [0.4, 0.5) is 0 Å². The van der Waals surface area contributed by atoms with Crippen LogP contribution in [0.15, 0.2) is 30.5 Å². The van der Waals surface area contributed by atoms with Gasteiger partial charge in [-0.05, 0) is 40.3 Å². The third-order valence-corrected chi connectivity index (χ3v) is 3.34. The van der Waals surface area contributed by atoms with Crippen LogP contribution in [0.1, 0.15) is 5.56 Å². The average molecular weight is 350 g/mol. The third-order valence-electron chi connectivity index (χ3n) is 2.47. The van der Waals surface area contributed by atoms with Gasteiger partial charge in [-0.15, -0.1) is 6.42 Å². The molecule has 0 aliphatic heterocycles. The van der Waals surface area contributed by atoms with Crippen molar-refractivity contribution in [2.45, 2.75) is 6.42 Å². The largest absolute Gasteiger partial charge is 0.345 e. The van der Waals surface area contributed by atoms with Gasteiger partial charge < -0.3 is 5.32 Å². The van der Waals surface area contributed by atoms with Crippen molar-refractivity contribution in [3.8, 4) is 12.3 Å². The summed E-state index contributed by atoms with van der Waals surface area (Å²) in [4.78, 5) is 15.9. The molecule has 1 aromatic carbocycles. The molecule has 0 aliphatic carbocycles. The number of hydrogen-bond acceptors (Lipinski definition) is 2. The standard InChI is InChI=1S/C14H11IN2O/c1-2-6-16-13(18)8-10-7-11-4-3-5-12(15)14(11)17-9-10/h1,3-5,7,9H,6,8H2,(H,16,18). The predicted molar refractivity (Wildman–Crippen MR) is 80.0 cm³/mol. The van der Waals surface area contributed by atoms with Crippen molar-refractivity contribution in [1.29, 1.82) is 0 Å². The minimum atomic E-state index is -0.0836. The molecule has 0 bridgehead atoms. The highest BCUT2D eigenvalue weighted by molar-refractivity contribution is 14.1. The van der Waals surface area contributed by atoms with Crippen molar-refractivity contribution < 1.29 is 4.79 Å². The van der Waals surface area contributed by atoms with Crippen LogP contribution in [0, 0.1) is 15.9 Å². The lowest BCUT2D eigenvalue weighted by molar-refractivity contribution is -0.120. The van der Waals surface area contributed by atoms with Gasteiger partial charge in [-0.3, -0.25) is 9.78 Å². The fourth-order valence-corrected chi connectivity index (χ4v) is 2.32. The zero-order valence-corrected chi connectivity index (χ0v) is 11.8. The highest BCUT2D eigenvalue weighted by Crippen LogP contribution is 2.19. The number of carbonyl (C=O) groups is 1. The van der Waals surface area contributed by atoms with Crippen LogP contribution in [0.2, 0.25) is 0 Å². The van der Waals surface area contributed by atoms with Gasteiger partial charge in [0.25, 0.3) is 0 Å². The summed E-state index contributed by atoms with van der Waals surface area (Å²) in [6.07, 6.45) is 7.12. The molecule has 3 nitrogen and oxygen atoms in total. The molecule has 0 saturated carbocycles. The van der Waals surface area contributed by atoms with Crippen molar-refractivity contribution in [1.82, 2.24) is 10.3 Å². The van der Waals surface area contributed by atoms with E-state index in [1.165, 1.54) is 0 Å². The first-order chi connectivity index (χ1) is 8.70. The summed E-state index contributed by atoms with van der Waals surface area (Å²) in [6.45, 7) is 0.262. The maximum atomic E-state index is 11.5. The number of benzene rings is 1. The van der Waals surface area contributed by atoms with Crippen LogP contribution in [0.25, 0.3) is 10.9 Å². The smallest absolute Gasteiger partial charge is 0.225 e. The van der Waals surface area contributed by atoms with E-state index in [0.29, 0.717) is 6.42 Å². The number of hydrogen-bond donors (Lipinski definition) is 1. The van der Waals surface area contributed by atoms with E-state index in [4.69, 9.17) is 6.42 Å². The number of nitrogens with zero attached hydrogens (tertiary/aromatic N) is 1. The highest BCUT2D eigenvalue weighted by Gasteiger charge is 2.05. The van der Waals surface area contributed by atoms with Gasteiger partial charge in [0.1, 0.15) is 0 Å². The lowest BCUT2D eigenvalue weighted by atomic mass is 10.1. The normalized spacial score (nSPS) is 10.0. The number of fused-ring (bicyclic) bond motifs is 1. The Morgan fingerprint density at radius 2 is 2.33 bits per heavy atom. The molecule has 1 aromatic heterocycles. The summed E-state index contributed by atoms with van der Waals surface area (Å²) in [6, 6.07) is 7.97. The fourth-order valence-electron chi connectivity index (χ4n) is 1.66. The van der Waals surface area contributed by atoms with Crippen molar-refractivity contribution in [2.75, 3.05) is 6.54 Å². The molecule has 1 N–H and O–H groups in total. The minimum absolute atomic E-state index is 0.0836. The molecule has 0 unspecified atom stereocenters. The number of pyridine rings is 1. The van der Waals surface area contributed by atoms with E-state index < -0.39 is 0 Å². The first kappa shape index (κ1) is 12.8. The second-order valence-corrected chi connectivity index (χ2v) is 4.97. The van der Waals surface area contributed by atoms with E-state index in [0.717, 1.165) is 20.0 Å². The Bertz CT molecular complexity index is 631. The summed E-state index contributed by atoms with van der Waals surface area (Å²) in [5, 5.41) is 3.68. The van der Waals surface area contributed by atoms with Gasteiger partial charge in [0, 0.05) is 15.2 Å². The average Bonchev–Trinajstić information content (AvgIpc) is 2.36. The number of rotatable bonds is 3. The lowest BCUT2D eigenvalue weighted by Gasteiger charge is -2.04. The Kier molecular flexibility index (Phi) is 4.15. The number of nitrogens with one attached hydrogen (secondary N) is 1. The Hall–Kier alpha value is -1.61. The number of aromatic nitrogens is 1. The zero-order valence-electron chi connectivity index (χ0n) is 9.61. The topological polar surface area (TPSA) is 42.0 Å². The molecule has 0 atom stereocenters. The maximum Gasteiger partial charge on any atom is 0.225 e. The van der Waals surface area contributed by atoms with E-state index in [1.54, 1.807) is 6.20 Å². The molecule has 0 radical (unpaired) electrons. The maximum absolute atomic E-state index is 11.5. The molecule has 0 saturated heterocycles. The van der Waals surface area contributed by atoms with Crippen molar-refractivity contribution in [3.63, 3.8) is 0 Å². The molecular formula is C14H11IN2O. The number of para-hydroxylation sites is 1. The van der Waals surface area contributed by atoms with E-state index >= 15 is 0 Å². The van der Waals surface area contributed by atoms with Crippen LogP contribution < -0.4 is 5.32 Å². The minimum Gasteiger partial charge on any atom is -0.345 e. The summed E-state index contributed by atoms with van der Waals surface area (Å²) in [5.74, 6) is 2.29. The molecule has 18 heavy (non-hydrogen) atoms. The molecule has 0 aliphatic rings. The van der Waals surface area contributed by atoms with E-state index in [9.17, 15) is 4.79 Å². The molecule has 90 valence electrons. The number of halogens is 1. The number of terminal acetylenes is 1. The van der Waals surface area contributed by atoms with Gasteiger partial charge in [0.15, 0.2) is 0 Å². The predicted octanol–water partition coefficient (Wildman–Crippen LogP) is 2.13. The Morgan fingerprint density at radius 1 is 1.50 bits per heavy atom. The van der Waals surface area contributed by atoms with Gasteiger partial charge >= 0.3 is 0 Å². The van der Waals surface area contributed by atoms with E-state index in [2.05, 4.69) is 38.8 Å². The summed E-state index contributed by atoms with van der Waals surface area (Å²) in [5.41, 5.74) is 1.85.